The molecule has 0 spiro atoms. The molecule has 10 heteroatoms. The van der Waals surface area contributed by atoms with E-state index in [9.17, 15) is 15.3 Å². The Morgan fingerprint density at radius 2 is 1.96 bits per heavy atom. The van der Waals surface area contributed by atoms with Gasteiger partial charge < -0.3 is 31.1 Å². The van der Waals surface area contributed by atoms with Gasteiger partial charge in [0, 0.05) is 0 Å². The van der Waals surface area contributed by atoms with Crippen molar-refractivity contribution in [2.24, 2.45) is 0 Å². The van der Waals surface area contributed by atoms with Crippen molar-refractivity contribution in [2.75, 3.05) is 17.7 Å². The van der Waals surface area contributed by atoms with Crippen LogP contribution in [0.5, 0.6) is 0 Å². The summed E-state index contributed by atoms with van der Waals surface area (Å²) in [5.41, 5.74) is 7.68. The third-order valence-electron chi connectivity index (χ3n) is 4.92. The molecule has 148 valence electrons. The second-order valence-electron chi connectivity index (χ2n) is 6.74. The molecule has 0 radical (unpaired) electrons. The summed E-state index contributed by atoms with van der Waals surface area (Å²) in [5, 5.41) is 33.3. The van der Waals surface area contributed by atoms with Crippen molar-refractivity contribution in [2.45, 2.75) is 37.5 Å². The quantitative estimate of drug-likeness (QED) is 0.414. The molecule has 0 saturated carbocycles. The van der Waals surface area contributed by atoms with Gasteiger partial charge in [0.1, 0.15) is 24.6 Å². The van der Waals surface area contributed by atoms with Gasteiger partial charge in [0.05, 0.1) is 12.6 Å². The Morgan fingerprint density at radius 1 is 1.21 bits per heavy atom. The lowest BCUT2D eigenvalue weighted by Crippen LogP contribution is -2.33. The number of hydrogen-bond acceptors (Lipinski definition) is 9. The van der Waals surface area contributed by atoms with Gasteiger partial charge in [-0.1, -0.05) is 30.3 Å². The summed E-state index contributed by atoms with van der Waals surface area (Å²) >= 11 is 0. The second kappa shape index (κ2) is 7.32. The lowest BCUT2D eigenvalue weighted by molar-refractivity contribution is -0.0501. The van der Waals surface area contributed by atoms with Crippen LogP contribution in [0.3, 0.4) is 0 Å². The Balaban J connectivity index is 1.78. The standard InChI is InChI=1S/C18H22N6O4/c1-9(10-5-3-2-4-6-10)22-18-23-12-15(19)20-8-21-16(12)24(18)17-14(27)13(26)11(7-25)28-17/h2-6,8-9,11,13-14,17,25-27H,7H2,1H3,(H,22,23)(H2,19,20,21)/t9?,11-,13?,14?,17-/m1/s1. The van der Waals surface area contributed by atoms with E-state index in [0.717, 1.165) is 5.56 Å². The van der Waals surface area contributed by atoms with Crippen LogP contribution in [0, 0.1) is 0 Å². The van der Waals surface area contributed by atoms with E-state index < -0.39 is 31.1 Å². The first-order chi connectivity index (χ1) is 13.5. The number of benzene rings is 1. The van der Waals surface area contributed by atoms with E-state index in [1.807, 2.05) is 37.3 Å². The Labute approximate surface area is 160 Å². The number of aliphatic hydroxyl groups is 3. The van der Waals surface area contributed by atoms with Gasteiger partial charge in [0.15, 0.2) is 23.2 Å². The van der Waals surface area contributed by atoms with E-state index in [-0.39, 0.29) is 11.9 Å². The Hall–Kier alpha value is -2.79. The molecule has 28 heavy (non-hydrogen) atoms. The van der Waals surface area contributed by atoms with Crippen molar-refractivity contribution in [3.05, 3.63) is 42.2 Å². The van der Waals surface area contributed by atoms with E-state index >= 15 is 0 Å². The maximum absolute atomic E-state index is 10.5. The molecule has 1 saturated heterocycles. The summed E-state index contributed by atoms with van der Waals surface area (Å²) in [6.45, 7) is 1.53. The summed E-state index contributed by atoms with van der Waals surface area (Å²) in [4.78, 5) is 12.7. The van der Waals surface area contributed by atoms with Crippen LogP contribution in [-0.2, 0) is 4.74 Å². The van der Waals surface area contributed by atoms with Crippen LogP contribution in [0.15, 0.2) is 36.7 Å². The molecule has 2 aromatic heterocycles. The summed E-state index contributed by atoms with van der Waals surface area (Å²) in [7, 11) is 0. The zero-order chi connectivity index (χ0) is 19.8. The summed E-state index contributed by atoms with van der Waals surface area (Å²) in [6.07, 6.45) is -3.15. The number of rotatable bonds is 5. The van der Waals surface area contributed by atoms with Gasteiger partial charge in [-0.2, -0.15) is 0 Å². The van der Waals surface area contributed by atoms with E-state index in [2.05, 4.69) is 20.3 Å². The number of nitrogens with one attached hydrogen (secondary N) is 1. The first-order valence-electron chi connectivity index (χ1n) is 8.93. The molecular weight excluding hydrogens is 364 g/mol. The molecule has 1 fully saturated rings. The minimum absolute atomic E-state index is 0.122. The number of anilines is 2. The molecule has 6 N–H and O–H groups in total. The van der Waals surface area contributed by atoms with E-state index in [1.165, 1.54) is 10.9 Å². The molecule has 0 amide bonds. The maximum atomic E-state index is 10.5. The van der Waals surface area contributed by atoms with Gasteiger partial charge in [-0.25, -0.2) is 15.0 Å². The fourth-order valence-corrected chi connectivity index (χ4v) is 3.38. The van der Waals surface area contributed by atoms with Crippen LogP contribution in [0.4, 0.5) is 11.8 Å². The Bertz CT molecular complexity index is 965. The number of aliphatic hydroxyl groups excluding tert-OH is 3. The highest BCUT2D eigenvalue weighted by atomic mass is 16.6. The summed E-state index contributed by atoms with van der Waals surface area (Å²) in [5.74, 6) is 0.541. The van der Waals surface area contributed by atoms with Crippen LogP contribution in [0.2, 0.25) is 0 Å². The minimum atomic E-state index is -1.28. The van der Waals surface area contributed by atoms with Crippen molar-refractivity contribution < 1.29 is 20.1 Å². The summed E-state index contributed by atoms with van der Waals surface area (Å²) in [6, 6.07) is 9.64. The second-order valence-corrected chi connectivity index (χ2v) is 6.74. The average molecular weight is 386 g/mol. The largest absolute Gasteiger partial charge is 0.394 e. The van der Waals surface area contributed by atoms with Crippen molar-refractivity contribution in [3.8, 4) is 0 Å². The average Bonchev–Trinajstić information content (AvgIpc) is 3.21. The number of ether oxygens (including phenoxy) is 1. The molecule has 1 aliphatic heterocycles. The fourth-order valence-electron chi connectivity index (χ4n) is 3.38. The van der Waals surface area contributed by atoms with Crippen molar-refractivity contribution in [1.82, 2.24) is 19.5 Å². The number of imidazole rings is 1. The molecule has 0 bridgehead atoms. The molecule has 1 aliphatic rings. The highest BCUT2D eigenvalue weighted by Gasteiger charge is 2.45. The number of nitrogens with zero attached hydrogens (tertiary/aromatic N) is 4. The minimum Gasteiger partial charge on any atom is -0.394 e. The molecule has 0 aliphatic carbocycles. The van der Waals surface area contributed by atoms with Crippen LogP contribution >= 0.6 is 0 Å². The van der Waals surface area contributed by atoms with Crippen LogP contribution in [0.1, 0.15) is 24.8 Å². The predicted molar refractivity (Wildman–Crippen MR) is 101 cm³/mol. The van der Waals surface area contributed by atoms with Gasteiger partial charge in [-0.05, 0) is 12.5 Å². The monoisotopic (exact) mass is 386 g/mol. The number of fused-ring (bicyclic) bond motifs is 1. The molecule has 3 unspecified atom stereocenters. The topological polar surface area (TPSA) is 152 Å². The molecule has 1 aromatic carbocycles. The molecule has 4 rings (SSSR count). The zero-order valence-electron chi connectivity index (χ0n) is 15.2. The molecule has 3 aromatic rings. The Morgan fingerprint density at radius 3 is 2.64 bits per heavy atom. The van der Waals surface area contributed by atoms with Crippen molar-refractivity contribution >= 4 is 22.9 Å². The SMILES string of the molecule is CC(Nc1nc2c(N)ncnc2n1[C@@H]1O[C@H](CO)C(O)C1O)c1ccccc1. The third-order valence-corrected chi connectivity index (χ3v) is 4.92. The number of nitrogen functional groups attached to an aromatic ring is 1. The first-order valence-corrected chi connectivity index (χ1v) is 8.93. The summed E-state index contributed by atoms with van der Waals surface area (Å²) < 4.78 is 7.23. The number of nitrogens with two attached hydrogens (primary N) is 1. The van der Waals surface area contributed by atoms with Gasteiger partial charge in [-0.3, -0.25) is 4.57 Å². The lowest BCUT2D eigenvalue weighted by Gasteiger charge is -2.22. The number of hydrogen-bond donors (Lipinski definition) is 5. The normalized spacial score (nSPS) is 25.9. The van der Waals surface area contributed by atoms with Gasteiger partial charge in [-0.15, -0.1) is 0 Å². The molecular formula is C18H22N6O4. The Kier molecular flexibility index (Phi) is 4.85. The third kappa shape index (κ3) is 3.06. The van der Waals surface area contributed by atoms with Crippen LogP contribution in [0.25, 0.3) is 11.2 Å². The number of aromatic nitrogens is 4. The zero-order valence-corrected chi connectivity index (χ0v) is 15.2. The van der Waals surface area contributed by atoms with Gasteiger partial charge in [0.25, 0.3) is 0 Å². The predicted octanol–water partition coefficient (Wildman–Crippen LogP) is 0.193. The fraction of sp³-hybridized carbons (Fsp3) is 0.389. The highest BCUT2D eigenvalue weighted by Crippen LogP contribution is 2.36. The van der Waals surface area contributed by atoms with Gasteiger partial charge in [0.2, 0.25) is 5.95 Å². The van der Waals surface area contributed by atoms with Crippen molar-refractivity contribution in [3.63, 3.8) is 0 Å². The van der Waals surface area contributed by atoms with Crippen LogP contribution in [-0.4, -0.2) is 59.8 Å². The van der Waals surface area contributed by atoms with E-state index in [1.54, 1.807) is 0 Å². The molecule has 5 atom stereocenters. The maximum Gasteiger partial charge on any atom is 0.208 e. The lowest BCUT2D eigenvalue weighted by atomic mass is 10.1. The first kappa shape index (κ1) is 18.6. The van der Waals surface area contributed by atoms with E-state index in [0.29, 0.717) is 17.1 Å². The molecule has 10 nitrogen and oxygen atoms in total. The van der Waals surface area contributed by atoms with E-state index in [4.69, 9.17) is 10.5 Å². The molecule has 3 heterocycles. The smallest absolute Gasteiger partial charge is 0.208 e. The van der Waals surface area contributed by atoms with Crippen molar-refractivity contribution in [1.29, 1.82) is 0 Å². The highest BCUT2D eigenvalue weighted by molar-refractivity contribution is 5.84. The van der Waals surface area contributed by atoms with Gasteiger partial charge >= 0.3 is 0 Å². The van der Waals surface area contributed by atoms with Crippen LogP contribution < -0.4 is 11.1 Å².